The van der Waals surface area contributed by atoms with Gasteiger partial charge in [0.25, 0.3) is 0 Å². The second kappa shape index (κ2) is 10.4. The molecule has 5 heteroatoms. The molecule has 0 bridgehead atoms. The minimum Gasteiger partial charge on any atom is -0.456 e. The third kappa shape index (κ3) is 3.99. The molecule has 0 spiro atoms. The van der Waals surface area contributed by atoms with Gasteiger partial charge in [0.2, 0.25) is 0 Å². The van der Waals surface area contributed by atoms with Gasteiger partial charge in [-0.05, 0) is 94.0 Å². The van der Waals surface area contributed by atoms with E-state index in [9.17, 15) is 0 Å². The molecule has 248 valence electrons. The number of ether oxygens (including phenoxy) is 1. The van der Waals surface area contributed by atoms with Gasteiger partial charge < -0.3 is 18.9 Å². The minimum absolute atomic E-state index is 0.0192. The number of benzene rings is 7. The summed E-state index contributed by atoms with van der Waals surface area (Å²) < 4.78 is 13.3. The van der Waals surface area contributed by atoms with Crippen molar-refractivity contribution in [2.45, 2.75) is 33.1 Å². The summed E-state index contributed by atoms with van der Waals surface area (Å²) in [5, 5.41) is 2.24. The van der Waals surface area contributed by atoms with Crippen molar-refractivity contribution in [2.75, 3.05) is 9.71 Å². The molecule has 0 aliphatic carbocycles. The molecule has 0 radical (unpaired) electrons. The Morgan fingerprint density at radius 1 is 0.577 bits per heavy atom. The summed E-state index contributed by atoms with van der Waals surface area (Å²) >= 11 is 0. The first-order chi connectivity index (χ1) is 25.3. The van der Waals surface area contributed by atoms with Crippen molar-refractivity contribution < 1.29 is 9.15 Å². The first-order valence-corrected chi connectivity index (χ1v) is 18.1. The summed E-state index contributed by atoms with van der Waals surface area (Å²) in [4.78, 5) is 5.09. The van der Waals surface area contributed by atoms with Crippen LogP contribution in [-0.4, -0.2) is 6.85 Å². The van der Waals surface area contributed by atoms with Crippen LogP contribution in [0, 0.1) is 6.92 Å². The van der Waals surface area contributed by atoms with E-state index < -0.39 is 0 Å². The molecule has 3 aliphatic rings. The number of fused-ring (bicyclic) bond motifs is 10. The Morgan fingerprint density at radius 3 is 2.23 bits per heavy atom. The van der Waals surface area contributed by atoms with Crippen molar-refractivity contribution in [3.8, 4) is 33.8 Å². The largest absolute Gasteiger partial charge is 0.456 e. The fourth-order valence-electron chi connectivity index (χ4n) is 8.91. The average Bonchev–Trinajstić information content (AvgIpc) is 3.54. The fraction of sp³-hybridized carbons (Fsp3) is 0.106. The van der Waals surface area contributed by atoms with E-state index in [0.29, 0.717) is 0 Å². The van der Waals surface area contributed by atoms with Crippen molar-refractivity contribution in [1.82, 2.24) is 0 Å². The van der Waals surface area contributed by atoms with Crippen molar-refractivity contribution in [3.63, 3.8) is 0 Å². The van der Waals surface area contributed by atoms with Crippen molar-refractivity contribution >= 4 is 68.1 Å². The van der Waals surface area contributed by atoms with Crippen LogP contribution in [0.4, 0.5) is 28.4 Å². The van der Waals surface area contributed by atoms with Gasteiger partial charge in [-0.1, -0.05) is 112 Å². The Bertz CT molecular complexity index is 2790. The van der Waals surface area contributed by atoms with E-state index in [1.807, 2.05) is 0 Å². The predicted octanol–water partition coefficient (Wildman–Crippen LogP) is 11.7. The number of rotatable bonds is 2. The van der Waals surface area contributed by atoms with E-state index in [4.69, 9.17) is 9.15 Å². The maximum Gasteiger partial charge on any atom is 0.333 e. The van der Waals surface area contributed by atoms with Gasteiger partial charge in [0.15, 0.2) is 5.75 Å². The molecule has 0 unspecified atom stereocenters. The van der Waals surface area contributed by atoms with Crippen LogP contribution in [0.2, 0.25) is 0 Å². The van der Waals surface area contributed by atoms with Crippen LogP contribution in [0.3, 0.4) is 0 Å². The quantitative estimate of drug-likeness (QED) is 0.171. The zero-order valence-corrected chi connectivity index (χ0v) is 29.6. The van der Waals surface area contributed by atoms with E-state index in [2.05, 4.69) is 177 Å². The highest BCUT2D eigenvalue weighted by molar-refractivity contribution is 6.94. The number of hydrogen-bond acceptors (Lipinski definition) is 4. The number of aryl methyl sites for hydroxylation is 1. The van der Waals surface area contributed by atoms with E-state index in [0.717, 1.165) is 56.2 Å². The highest BCUT2D eigenvalue weighted by Crippen LogP contribution is 2.56. The lowest BCUT2D eigenvalue weighted by atomic mass is 9.43. The molecule has 0 saturated carbocycles. The lowest BCUT2D eigenvalue weighted by Gasteiger charge is -2.48. The summed E-state index contributed by atoms with van der Waals surface area (Å²) in [5.74, 6) is 1.75. The molecule has 0 amide bonds. The van der Waals surface area contributed by atoms with Crippen molar-refractivity contribution in [3.05, 3.63) is 151 Å². The van der Waals surface area contributed by atoms with Crippen LogP contribution < -0.4 is 25.4 Å². The highest BCUT2D eigenvalue weighted by atomic mass is 16.5. The van der Waals surface area contributed by atoms with Crippen molar-refractivity contribution in [1.29, 1.82) is 0 Å². The number of hydrogen-bond donors (Lipinski definition) is 0. The molecule has 0 atom stereocenters. The van der Waals surface area contributed by atoms with E-state index in [-0.39, 0.29) is 12.3 Å². The first-order valence-electron chi connectivity index (χ1n) is 18.1. The minimum atomic E-state index is -0.109. The maximum absolute atomic E-state index is 6.64. The van der Waals surface area contributed by atoms with Crippen LogP contribution >= 0.6 is 0 Å². The molecule has 8 aromatic rings. The van der Waals surface area contributed by atoms with Crippen LogP contribution in [-0.2, 0) is 5.41 Å². The highest BCUT2D eigenvalue weighted by Gasteiger charge is 2.48. The van der Waals surface area contributed by atoms with Gasteiger partial charge in [0.1, 0.15) is 16.9 Å². The molecule has 4 heterocycles. The number of anilines is 5. The molecular weight excluding hydrogens is 635 g/mol. The van der Waals surface area contributed by atoms with Gasteiger partial charge in [-0.3, -0.25) is 0 Å². The van der Waals surface area contributed by atoms with Gasteiger partial charge in [0, 0.05) is 22.2 Å². The predicted molar refractivity (Wildman–Crippen MR) is 216 cm³/mol. The average molecular weight is 671 g/mol. The second-order valence-corrected chi connectivity index (χ2v) is 15.4. The fourth-order valence-corrected chi connectivity index (χ4v) is 8.91. The summed E-state index contributed by atoms with van der Waals surface area (Å²) in [7, 11) is 0. The van der Waals surface area contributed by atoms with Crippen LogP contribution in [0.25, 0.3) is 44.2 Å². The normalized spacial score (nSPS) is 13.8. The Labute approximate surface area is 303 Å². The lowest BCUT2D eigenvalue weighted by molar-refractivity contribution is 0.478. The van der Waals surface area contributed by atoms with E-state index >= 15 is 0 Å². The zero-order chi connectivity index (χ0) is 34.9. The first kappa shape index (κ1) is 29.5. The maximum atomic E-state index is 6.64. The van der Waals surface area contributed by atoms with Gasteiger partial charge in [0.05, 0.1) is 28.1 Å². The number of para-hydroxylation sites is 4. The lowest BCUT2D eigenvalue weighted by Crippen LogP contribution is -2.62. The van der Waals surface area contributed by atoms with Crippen LogP contribution in [0.5, 0.6) is 11.5 Å². The Morgan fingerprint density at radius 2 is 1.37 bits per heavy atom. The van der Waals surface area contributed by atoms with Gasteiger partial charge >= 0.3 is 6.85 Å². The molecule has 7 aromatic carbocycles. The summed E-state index contributed by atoms with van der Waals surface area (Å²) in [6.45, 7) is 8.99. The molecule has 11 rings (SSSR count). The number of furan rings is 1. The molecule has 0 fully saturated rings. The molecule has 1 aromatic heterocycles. The third-order valence-corrected chi connectivity index (χ3v) is 11.2. The van der Waals surface area contributed by atoms with Gasteiger partial charge in [-0.15, -0.1) is 0 Å². The Balaban J connectivity index is 1.32. The molecule has 52 heavy (non-hydrogen) atoms. The standard InChI is InChI=1S/C47H35BN2O2/c1-28-25-34-31-16-12-20-42-45(31)50(37-17-9-11-19-40(37)52-42)48-35-22-24-41-43(32-15-8-10-18-39(32)51-41)46(35)49(38(26-28)44(34)48)36-23-21-30(47(2,3)4)27-33(36)29-13-6-5-7-14-29/h5-27H,1-4H3. The van der Waals surface area contributed by atoms with E-state index in [1.165, 1.54) is 50.0 Å². The Kier molecular flexibility index (Phi) is 5.92. The Hall–Kier alpha value is -6.20. The SMILES string of the molecule is Cc1cc2c3c(c1)N(c1ccc(C(C)(C)C)cc1-c1ccccc1)c1c(ccc4oc5ccccc5c14)B3N1c3ccccc3Oc3cccc-2c31. The van der Waals surface area contributed by atoms with Gasteiger partial charge in [-0.25, -0.2) is 0 Å². The van der Waals surface area contributed by atoms with Gasteiger partial charge in [-0.2, -0.15) is 0 Å². The molecular formula is C47H35BN2O2. The molecule has 3 aliphatic heterocycles. The van der Waals surface area contributed by atoms with Crippen molar-refractivity contribution in [2.24, 2.45) is 0 Å². The third-order valence-electron chi connectivity index (χ3n) is 11.2. The smallest absolute Gasteiger partial charge is 0.333 e. The molecule has 0 saturated heterocycles. The molecule has 4 nitrogen and oxygen atoms in total. The monoisotopic (exact) mass is 670 g/mol. The van der Waals surface area contributed by atoms with Crippen LogP contribution in [0.1, 0.15) is 31.9 Å². The van der Waals surface area contributed by atoms with Crippen LogP contribution in [0.15, 0.2) is 144 Å². The summed E-state index contributed by atoms with van der Waals surface area (Å²) in [6.07, 6.45) is 0. The summed E-state index contributed by atoms with van der Waals surface area (Å²) in [5.41, 5.74) is 17.3. The number of nitrogens with zero attached hydrogens (tertiary/aromatic N) is 2. The van der Waals surface area contributed by atoms with E-state index in [1.54, 1.807) is 0 Å². The molecule has 0 N–H and O–H groups in total. The second-order valence-electron chi connectivity index (χ2n) is 15.4. The topological polar surface area (TPSA) is 28.9 Å². The summed E-state index contributed by atoms with van der Waals surface area (Å²) in [6, 6.07) is 50.6. The zero-order valence-electron chi connectivity index (χ0n) is 29.6.